The van der Waals surface area contributed by atoms with Gasteiger partial charge in [-0.25, -0.2) is 4.79 Å². The lowest BCUT2D eigenvalue weighted by atomic mass is 9.96. The molecule has 0 bridgehead atoms. The zero-order valence-corrected chi connectivity index (χ0v) is 8.36. The summed E-state index contributed by atoms with van der Waals surface area (Å²) in [6.45, 7) is -0.250. The lowest BCUT2D eigenvalue weighted by Gasteiger charge is -2.21. The van der Waals surface area contributed by atoms with Crippen LogP contribution in [0.5, 0.6) is 0 Å². The second-order valence-electron chi connectivity index (χ2n) is 3.08. The average molecular weight is 203 g/mol. The first kappa shape index (κ1) is 12.7. The molecule has 0 heterocycles. The number of alkyl carbamates (subject to hydrolysis) is 1. The molecule has 0 aromatic rings. The van der Waals surface area contributed by atoms with Crippen LogP contribution in [0.3, 0.4) is 0 Å². The summed E-state index contributed by atoms with van der Waals surface area (Å²) in [4.78, 5) is 19.1. The Balaban J connectivity index is 0.000000500. The Bertz CT molecular complexity index is 166. The van der Waals surface area contributed by atoms with Gasteiger partial charge in [-0.1, -0.05) is 19.3 Å². The summed E-state index contributed by atoms with van der Waals surface area (Å²) in [6, 6.07) is 0.358. The summed E-state index contributed by atoms with van der Waals surface area (Å²) in [7, 11) is 1.40. The molecule has 0 unspecified atom stereocenters. The second-order valence-corrected chi connectivity index (χ2v) is 3.08. The molecule has 0 saturated heterocycles. The minimum atomic E-state index is -0.295. The number of rotatable bonds is 1. The van der Waals surface area contributed by atoms with E-state index in [0.29, 0.717) is 6.04 Å². The quantitative estimate of drug-likeness (QED) is 0.631. The van der Waals surface area contributed by atoms with E-state index in [0.717, 1.165) is 12.8 Å². The molecule has 2 N–H and O–H groups in total. The van der Waals surface area contributed by atoms with Gasteiger partial charge in [0.1, 0.15) is 0 Å². The van der Waals surface area contributed by atoms with E-state index in [9.17, 15) is 4.79 Å². The Kier molecular flexibility index (Phi) is 7.59. The highest BCUT2D eigenvalue weighted by Crippen LogP contribution is 2.17. The van der Waals surface area contributed by atoms with Gasteiger partial charge in [0, 0.05) is 6.04 Å². The summed E-state index contributed by atoms with van der Waals surface area (Å²) < 4.78 is 4.50. The normalized spacial score (nSPS) is 16.1. The molecule has 1 aliphatic carbocycles. The van der Waals surface area contributed by atoms with Gasteiger partial charge in [-0.05, 0) is 12.8 Å². The smallest absolute Gasteiger partial charge is 0.407 e. The Morgan fingerprint density at radius 2 is 1.93 bits per heavy atom. The second kappa shape index (κ2) is 8.34. The molecular formula is C9H17NO4. The first-order chi connectivity index (χ1) is 6.74. The van der Waals surface area contributed by atoms with Crippen LogP contribution in [0, 0.1) is 0 Å². The van der Waals surface area contributed by atoms with E-state index in [2.05, 4.69) is 10.1 Å². The fraction of sp³-hybridized carbons (Fsp3) is 0.778. The molecule has 1 saturated carbocycles. The van der Waals surface area contributed by atoms with E-state index >= 15 is 0 Å². The SMILES string of the molecule is COC(=O)NC1CCCCC1.O=CO. The number of carbonyl (C=O) groups excluding carboxylic acids is 1. The van der Waals surface area contributed by atoms with Gasteiger partial charge in [-0.15, -0.1) is 0 Å². The molecule has 5 heteroatoms. The third kappa shape index (κ3) is 6.28. The van der Waals surface area contributed by atoms with Gasteiger partial charge in [0.15, 0.2) is 0 Å². The topological polar surface area (TPSA) is 75.6 Å². The molecule has 0 atom stereocenters. The van der Waals surface area contributed by atoms with Gasteiger partial charge in [0.25, 0.3) is 6.47 Å². The van der Waals surface area contributed by atoms with Crippen LogP contribution in [0.25, 0.3) is 0 Å². The molecule has 0 aliphatic heterocycles. The molecule has 1 amide bonds. The highest BCUT2D eigenvalue weighted by molar-refractivity contribution is 5.67. The van der Waals surface area contributed by atoms with Crippen molar-refractivity contribution < 1.29 is 19.4 Å². The minimum absolute atomic E-state index is 0.250. The fourth-order valence-corrected chi connectivity index (χ4v) is 1.47. The van der Waals surface area contributed by atoms with Crippen LogP contribution in [0.4, 0.5) is 4.79 Å². The Labute approximate surface area is 83.4 Å². The molecule has 82 valence electrons. The highest BCUT2D eigenvalue weighted by atomic mass is 16.5. The van der Waals surface area contributed by atoms with E-state index in [1.54, 1.807) is 0 Å². The summed E-state index contributed by atoms with van der Waals surface area (Å²) in [5, 5.41) is 9.70. The lowest BCUT2D eigenvalue weighted by molar-refractivity contribution is -0.122. The molecule has 1 fully saturated rings. The fourth-order valence-electron chi connectivity index (χ4n) is 1.47. The molecule has 5 nitrogen and oxygen atoms in total. The van der Waals surface area contributed by atoms with Crippen LogP contribution < -0.4 is 5.32 Å². The number of hydrogen-bond donors (Lipinski definition) is 2. The van der Waals surface area contributed by atoms with E-state index in [1.807, 2.05) is 0 Å². The highest BCUT2D eigenvalue weighted by Gasteiger charge is 2.14. The third-order valence-corrected chi connectivity index (χ3v) is 2.11. The largest absolute Gasteiger partial charge is 0.483 e. The van der Waals surface area contributed by atoms with Crippen LogP contribution in [0.15, 0.2) is 0 Å². The van der Waals surface area contributed by atoms with Gasteiger partial charge in [0.05, 0.1) is 7.11 Å². The number of nitrogens with one attached hydrogen (secondary N) is 1. The Hall–Kier alpha value is -1.26. The zero-order valence-electron chi connectivity index (χ0n) is 8.36. The van der Waals surface area contributed by atoms with E-state index in [1.165, 1.54) is 26.4 Å². The number of carboxylic acid groups (broad SMARTS) is 1. The molecule has 0 aromatic heterocycles. The Morgan fingerprint density at radius 3 is 2.36 bits per heavy atom. The summed E-state index contributed by atoms with van der Waals surface area (Å²) in [5.74, 6) is 0. The first-order valence-electron chi connectivity index (χ1n) is 4.67. The number of methoxy groups -OCH3 is 1. The average Bonchev–Trinajstić information content (AvgIpc) is 2.20. The molecule has 14 heavy (non-hydrogen) atoms. The maximum Gasteiger partial charge on any atom is 0.407 e. The van der Waals surface area contributed by atoms with Gasteiger partial charge in [-0.3, -0.25) is 4.79 Å². The van der Waals surface area contributed by atoms with Gasteiger partial charge >= 0.3 is 6.09 Å². The molecular weight excluding hydrogens is 186 g/mol. The van der Waals surface area contributed by atoms with Gasteiger partial charge in [-0.2, -0.15) is 0 Å². The van der Waals surface area contributed by atoms with Crippen molar-refractivity contribution in [1.82, 2.24) is 5.32 Å². The van der Waals surface area contributed by atoms with Gasteiger partial charge in [0.2, 0.25) is 0 Å². The van der Waals surface area contributed by atoms with E-state index in [-0.39, 0.29) is 12.6 Å². The molecule has 0 aromatic carbocycles. The predicted molar refractivity (Wildman–Crippen MR) is 51.1 cm³/mol. The first-order valence-corrected chi connectivity index (χ1v) is 4.67. The number of amides is 1. The predicted octanol–water partition coefficient (Wildman–Crippen LogP) is 1.38. The standard InChI is InChI=1S/C8H15NO2.CH2O2/c1-11-8(10)9-7-5-3-2-4-6-7;2-1-3/h7H,2-6H2,1H3,(H,9,10);1H,(H,2,3). The van der Waals surface area contributed by atoms with Crippen molar-refractivity contribution in [2.45, 2.75) is 38.1 Å². The van der Waals surface area contributed by atoms with Crippen molar-refractivity contribution in [3.63, 3.8) is 0 Å². The Morgan fingerprint density at radius 1 is 1.43 bits per heavy atom. The third-order valence-electron chi connectivity index (χ3n) is 2.11. The number of ether oxygens (including phenoxy) is 1. The molecule has 1 aliphatic rings. The molecule has 0 radical (unpaired) electrons. The van der Waals surface area contributed by atoms with Gasteiger partial charge < -0.3 is 15.2 Å². The van der Waals surface area contributed by atoms with Crippen molar-refractivity contribution in [2.24, 2.45) is 0 Å². The van der Waals surface area contributed by atoms with Crippen LogP contribution >= 0.6 is 0 Å². The van der Waals surface area contributed by atoms with Crippen LogP contribution in [0.2, 0.25) is 0 Å². The van der Waals surface area contributed by atoms with Crippen molar-refractivity contribution in [2.75, 3.05) is 7.11 Å². The minimum Gasteiger partial charge on any atom is -0.483 e. The van der Waals surface area contributed by atoms with Crippen molar-refractivity contribution >= 4 is 12.6 Å². The summed E-state index contributed by atoms with van der Waals surface area (Å²) >= 11 is 0. The molecule has 0 spiro atoms. The zero-order chi connectivity index (χ0) is 10.8. The number of carbonyl (C=O) groups is 2. The summed E-state index contributed by atoms with van der Waals surface area (Å²) in [6.07, 6.45) is 5.68. The van der Waals surface area contributed by atoms with Crippen LogP contribution in [0.1, 0.15) is 32.1 Å². The maximum atomic E-state index is 10.7. The van der Waals surface area contributed by atoms with Crippen molar-refractivity contribution in [1.29, 1.82) is 0 Å². The summed E-state index contributed by atoms with van der Waals surface area (Å²) in [5.41, 5.74) is 0. The lowest BCUT2D eigenvalue weighted by Crippen LogP contribution is -2.35. The molecule has 1 rings (SSSR count). The number of hydrogen-bond acceptors (Lipinski definition) is 3. The van der Waals surface area contributed by atoms with E-state index in [4.69, 9.17) is 9.90 Å². The maximum absolute atomic E-state index is 10.7. The van der Waals surface area contributed by atoms with Crippen molar-refractivity contribution in [3.05, 3.63) is 0 Å². The monoisotopic (exact) mass is 203 g/mol. The van der Waals surface area contributed by atoms with E-state index < -0.39 is 0 Å². The van der Waals surface area contributed by atoms with Crippen LogP contribution in [-0.4, -0.2) is 30.8 Å². The van der Waals surface area contributed by atoms with Crippen molar-refractivity contribution in [3.8, 4) is 0 Å². The van der Waals surface area contributed by atoms with Crippen LogP contribution in [-0.2, 0) is 9.53 Å².